The molecular formula is C21H23N3O4S. The molecule has 1 aliphatic carbocycles. The molecule has 0 spiro atoms. The van der Waals surface area contributed by atoms with Crippen molar-refractivity contribution in [3.05, 3.63) is 53.6 Å². The quantitative estimate of drug-likeness (QED) is 0.613. The number of amides is 1. The van der Waals surface area contributed by atoms with E-state index < -0.39 is 15.9 Å². The maximum atomic E-state index is 12.8. The molecule has 3 rings (SSSR count). The van der Waals surface area contributed by atoms with Crippen LogP contribution in [0.3, 0.4) is 0 Å². The first-order valence-electron chi connectivity index (χ1n) is 9.43. The topological polar surface area (TPSA) is 108 Å². The van der Waals surface area contributed by atoms with Crippen LogP contribution < -0.4 is 14.8 Å². The summed E-state index contributed by atoms with van der Waals surface area (Å²) in [5.74, 6) is 0.190. The molecular weight excluding hydrogens is 390 g/mol. The fourth-order valence-corrected chi connectivity index (χ4v) is 4.04. The summed E-state index contributed by atoms with van der Waals surface area (Å²) in [7, 11) is -3.64. The lowest BCUT2D eigenvalue weighted by Crippen LogP contribution is -2.26. The van der Waals surface area contributed by atoms with Crippen molar-refractivity contribution in [2.24, 2.45) is 0 Å². The van der Waals surface area contributed by atoms with Gasteiger partial charge >= 0.3 is 0 Å². The molecule has 1 fully saturated rings. The third-order valence-electron chi connectivity index (χ3n) is 4.46. The van der Waals surface area contributed by atoms with E-state index in [4.69, 9.17) is 10.00 Å². The van der Waals surface area contributed by atoms with Gasteiger partial charge in [-0.25, -0.2) is 13.1 Å². The molecule has 1 aliphatic rings. The van der Waals surface area contributed by atoms with Gasteiger partial charge in [-0.15, -0.1) is 0 Å². The van der Waals surface area contributed by atoms with Crippen molar-refractivity contribution < 1.29 is 17.9 Å². The normalized spacial score (nSPS) is 13.5. The standard InChI is InChI=1S/C21H23N3O4S/c1-15-7-10-19(29(26,27)24-16-8-9-16)14-20(15)21(25)23-17-5-4-6-18(13-17)28-12-3-2-11-22/h4-7,10,13-14,16,24H,2-3,8-9,12H2,1H3,(H,23,25). The summed E-state index contributed by atoms with van der Waals surface area (Å²) in [6, 6.07) is 13.5. The molecule has 0 aliphatic heterocycles. The van der Waals surface area contributed by atoms with Gasteiger partial charge in [0.15, 0.2) is 0 Å². The van der Waals surface area contributed by atoms with E-state index in [1.54, 1.807) is 37.3 Å². The van der Waals surface area contributed by atoms with Crippen molar-refractivity contribution >= 4 is 21.6 Å². The van der Waals surface area contributed by atoms with Gasteiger partial charge in [0.1, 0.15) is 5.75 Å². The molecule has 2 N–H and O–H groups in total. The first-order valence-corrected chi connectivity index (χ1v) is 10.9. The molecule has 8 heteroatoms. The molecule has 0 radical (unpaired) electrons. The third kappa shape index (κ3) is 5.79. The van der Waals surface area contributed by atoms with Gasteiger partial charge in [-0.2, -0.15) is 5.26 Å². The molecule has 2 aromatic carbocycles. The highest BCUT2D eigenvalue weighted by molar-refractivity contribution is 7.89. The number of carbonyl (C=O) groups is 1. The lowest BCUT2D eigenvalue weighted by molar-refractivity contribution is 0.102. The molecule has 152 valence electrons. The minimum absolute atomic E-state index is 0.00511. The molecule has 1 amide bonds. The Kier molecular flexibility index (Phi) is 6.52. The Morgan fingerprint density at radius 2 is 2.03 bits per heavy atom. The highest BCUT2D eigenvalue weighted by Gasteiger charge is 2.28. The highest BCUT2D eigenvalue weighted by atomic mass is 32.2. The molecule has 0 bridgehead atoms. The molecule has 29 heavy (non-hydrogen) atoms. The Balaban J connectivity index is 1.72. The van der Waals surface area contributed by atoms with Gasteiger partial charge in [-0.1, -0.05) is 12.1 Å². The summed E-state index contributed by atoms with van der Waals surface area (Å²) in [6.07, 6.45) is 2.73. The van der Waals surface area contributed by atoms with Gasteiger partial charge in [0.05, 0.1) is 17.6 Å². The highest BCUT2D eigenvalue weighted by Crippen LogP contribution is 2.24. The number of hydrogen-bond donors (Lipinski definition) is 2. The molecule has 0 aromatic heterocycles. The summed E-state index contributed by atoms with van der Waals surface area (Å²) in [6.45, 7) is 2.17. The summed E-state index contributed by atoms with van der Waals surface area (Å²) in [5, 5.41) is 11.3. The third-order valence-corrected chi connectivity index (χ3v) is 5.97. The second kappa shape index (κ2) is 9.07. The summed E-state index contributed by atoms with van der Waals surface area (Å²) in [4.78, 5) is 12.8. The molecule has 0 heterocycles. The van der Waals surface area contributed by atoms with Crippen molar-refractivity contribution in [2.45, 2.75) is 43.5 Å². The zero-order valence-electron chi connectivity index (χ0n) is 16.1. The predicted molar refractivity (Wildman–Crippen MR) is 109 cm³/mol. The molecule has 0 unspecified atom stereocenters. The predicted octanol–water partition coefficient (Wildman–Crippen LogP) is 3.37. The second-order valence-corrected chi connectivity index (χ2v) is 8.68. The summed E-state index contributed by atoms with van der Waals surface area (Å²) >= 11 is 0. The molecule has 2 aromatic rings. The molecule has 1 saturated carbocycles. The van der Waals surface area contributed by atoms with Gasteiger partial charge in [0, 0.05) is 29.8 Å². The summed E-state index contributed by atoms with van der Waals surface area (Å²) < 4.78 is 33.1. The Morgan fingerprint density at radius 3 is 2.76 bits per heavy atom. The van der Waals surface area contributed by atoms with Crippen LogP contribution in [0, 0.1) is 18.3 Å². The zero-order valence-corrected chi connectivity index (χ0v) is 17.0. The number of aryl methyl sites for hydroxylation is 1. The largest absolute Gasteiger partial charge is 0.493 e. The van der Waals surface area contributed by atoms with Crippen molar-refractivity contribution in [2.75, 3.05) is 11.9 Å². The van der Waals surface area contributed by atoms with E-state index in [2.05, 4.69) is 16.1 Å². The minimum atomic E-state index is -3.64. The van der Waals surface area contributed by atoms with Crippen LogP contribution in [0.4, 0.5) is 5.69 Å². The van der Waals surface area contributed by atoms with Crippen LogP contribution in [0.15, 0.2) is 47.4 Å². The van der Waals surface area contributed by atoms with E-state index in [0.29, 0.717) is 42.0 Å². The number of anilines is 1. The van der Waals surface area contributed by atoms with E-state index >= 15 is 0 Å². The SMILES string of the molecule is Cc1ccc(S(=O)(=O)NC2CC2)cc1C(=O)Nc1cccc(OCCCC#N)c1. The Hall–Kier alpha value is -2.89. The van der Waals surface area contributed by atoms with E-state index in [-0.39, 0.29) is 10.9 Å². The molecule has 0 saturated heterocycles. The fourth-order valence-electron chi connectivity index (χ4n) is 2.70. The number of nitrogens with zero attached hydrogens (tertiary/aromatic N) is 1. The number of sulfonamides is 1. The number of carbonyl (C=O) groups excluding carboxylic acids is 1. The van der Waals surface area contributed by atoms with Crippen LogP contribution >= 0.6 is 0 Å². The van der Waals surface area contributed by atoms with E-state index in [9.17, 15) is 13.2 Å². The Bertz CT molecular complexity index is 1040. The number of unbranched alkanes of at least 4 members (excludes halogenated alkanes) is 1. The van der Waals surface area contributed by atoms with Gasteiger partial charge in [0.25, 0.3) is 5.91 Å². The van der Waals surface area contributed by atoms with Gasteiger partial charge in [-0.05, 0) is 56.0 Å². The van der Waals surface area contributed by atoms with Crippen LogP contribution in [-0.4, -0.2) is 27.0 Å². The number of nitrogens with one attached hydrogen (secondary N) is 2. The molecule has 7 nitrogen and oxygen atoms in total. The van der Waals surface area contributed by atoms with Gasteiger partial charge in [-0.3, -0.25) is 4.79 Å². The summed E-state index contributed by atoms with van der Waals surface area (Å²) in [5.41, 5.74) is 1.51. The van der Waals surface area contributed by atoms with Crippen LogP contribution in [0.5, 0.6) is 5.75 Å². The lowest BCUT2D eigenvalue weighted by Gasteiger charge is -2.12. The zero-order chi connectivity index (χ0) is 20.9. The number of hydrogen-bond acceptors (Lipinski definition) is 5. The first kappa shape index (κ1) is 20.8. The van der Waals surface area contributed by atoms with Crippen LogP contribution in [0.25, 0.3) is 0 Å². The fraction of sp³-hybridized carbons (Fsp3) is 0.333. The number of rotatable bonds is 9. The number of ether oxygens (including phenoxy) is 1. The molecule has 0 atom stereocenters. The Morgan fingerprint density at radius 1 is 1.24 bits per heavy atom. The van der Waals surface area contributed by atoms with Crippen molar-refractivity contribution in [3.63, 3.8) is 0 Å². The van der Waals surface area contributed by atoms with Crippen molar-refractivity contribution in [3.8, 4) is 11.8 Å². The smallest absolute Gasteiger partial charge is 0.255 e. The number of nitriles is 1. The maximum Gasteiger partial charge on any atom is 0.255 e. The number of benzene rings is 2. The monoisotopic (exact) mass is 413 g/mol. The Labute approximate surface area is 170 Å². The lowest BCUT2D eigenvalue weighted by atomic mass is 10.1. The van der Waals surface area contributed by atoms with E-state index in [1.807, 2.05) is 0 Å². The van der Waals surface area contributed by atoms with E-state index in [0.717, 1.165) is 12.8 Å². The van der Waals surface area contributed by atoms with Crippen LogP contribution in [-0.2, 0) is 10.0 Å². The van der Waals surface area contributed by atoms with Gasteiger partial charge in [0.2, 0.25) is 10.0 Å². The minimum Gasteiger partial charge on any atom is -0.493 e. The average Bonchev–Trinajstić information content (AvgIpc) is 3.49. The second-order valence-electron chi connectivity index (χ2n) is 6.96. The first-order chi connectivity index (χ1) is 13.9. The maximum absolute atomic E-state index is 12.8. The van der Waals surface area contributed by atoms with Crippen LogP contribution in [0.1, 0.15) is 41.6 Å². The van der Waals surface area contributed by atoms with Crippen molar-refractivity contribution in [1.29, 1.82) is 5.26 Å². The van der Waals surface area contributed by atoms with Crippen LogP contribution in [0.2, 0.25) is 0 Å². The average molecular weight is 413 g/mol. The van der Waals surface area contributed by atoms with Gasteiger partial charge < -0.3 is 10.1 Å². The van der Waals surface area contributed by atoms with Crippen molar-refractivity contribution in [1.82, 2.24) is 4.72 Å². The van der Waals surface area contributed by atoms with E-state index in [1.165, 1.54) is 12.1 Å².